The Labute approximate surface area is 137 Å². The number of rotatable bonds is 5. The Hall–Kier alpha value is -1.59. The first kappa shape index (κ1) is 16.3. The first-order chi connectivity index (χ1) is 11.2. The first-order valence-corrected chi connectivity index (χ1v) is 8.61. The Morgan fingerprint density at radius 1 is 1.26 bits per heavy atom. The van der Waals surface area contributed by atoms with Crippen molar-refractivity contribution < 1.29 is 14.6 Å². The number of amides is 1. The van der Waals surface area contributed by atoms with Crippen molar-refractivity contribution in [2.24, 2.45) is 5.92 Å². The molecule has 0 bridgehead atoms. The largest absolute Gasteiger partial charge is 0.508 e. The zero-order chi connectivity index (χ0) is 16.1. The zero-order valence-corrected chi connectivity index (χ0v) is 13.5. The summed E-state index contributed by atoms with van der Waals surface area (Å²) in [4.78, 5) is 14.6. The van der Waals surface area contributed by atoms with Gasteiger partial charge in [-0.1, -0.05) is 18.2 Å². The molecule has 3 rings (SSSR count). The first-order valence-electron chi connectivity index (χ1n) is 8.61. The Kier molecular flexibility index (Phi) is 5.51. The summed E-state index contributed by atoms with van der Waals surface area (Å²) in [6.45, 7) is 4.01. The quantitative estimate of drug-likeness (QED) is 0.870. The average Bonchev–Trinajstić information content (AvgIpc) is 3.09. The molecule has 0 radical (unpaired) electrons. The summed E-state index contributed by atoms with van der Waals surface area (Å²) in [7, 11) is 0. The second-order valence-corrected chi connectivity index (χ2v) is 6.56. The van der Waals surface area contributed by atoms with Gasteiger partial charge in [0.25, 0.3) is 0 Å². The molecule has 1 unspecified atom stereocenters. The summed E-state index contributed by atoms with van der Waals surface area (Å²) in [5.41, 5.74) is 0.953. The maximum Gasteiger partial charge on any atom is 0.223 e. The Balaban J connectivity index is 1.41. The van der Waals surface area contributed by atoms with Crippen LogP contribution in [-0.4, -0.2) is 48.3 Å². The number of benzene rings is 1. The summed E-state index contributed by atoms with van der Waals surface area (Å²) in [5, 5.41) is 12.9. The van der Waals surface area contributed by atoms with Gasteiger partial charge < -0.3 is 15.2 Å². The third-order valence-electron chi connectivity index (χ3n) is 4.87. The van der Waals surface area contributed by atoms with Crippen molar-refractivity contribution in [3.8, 4) is 5.75 Å². The van der Waals surface area contributed by atoms with Crippen molar-refractivity contribution in [3.63, 3.8) is 0 Å². The number of phenols is 1. The molecule has 0 saturated carbocycles. The number of phenolic OH excluding ortho intramolecular Hbond substituents is 1. The highest BCUT2D eigenvalue weighted by Gasteiger charge is 2.26. The molecule has 1 atom stereocenters. The lowest BCUT2D eigenvalue weighted by Crippen LogP contribution is -2.42. The molecule has 1 aromatic rings. The molecule has 126 valence electrons. The van der Waals surface area contributed by atoms with E-state index in [2.05, 4.69) is 10.2 Å². The third kappa shape index (κ3) is 4.45. The van der Waals surface area contributed by atoms with Crippen LogP contribution in [0.2, 0.25) is 0 Å². The average molecular weight is 318 g/mol. The lowest BCUT2D eigenvalue weighted by Gasteiger charge is -2.31. The van der Waals surface area contributed by atoms with Crippen LogP contribution in [0, 0.1) is 5.92 Å². The van der Waals surface area contributed by atoms with Gasteiger partial charge in [0.05, 0.1) is 6.10 Å². The van der Waals surface area contributed by atoms with Crippen LogP contribution < -0.4 is 5.32 Å². The maximum absolute atomic E-state index is 12.2. The molecule has 2 aliphatic heterocycles. The van der Waals surface area contributed by atoms with Gasteiger partial charge in [-0.25, -0.2) is 0 Å². The van der Waals surface area contributed by atoms with Crippen LogP contribution in [0.15, 0.2) is 24.3 Å². The van der Waals surface area contributed by atoms with Crippen molar-refractivity contribution in [1.29, 1.82) is 0 Å². The van der Waals surface area contributed by atoms with Gasteiger partial charge in [-0.15, -0.1) is 0 Å². The van der Waals surface area contributed by atoms with Gasteiger partial charge in [0, 0.05) is 31.2 Å². The highest BCUT2D eigenvalue weighted by molar-refractivity contribution is 5.78. The minimum atomic E-state index is 0.108. The van der Waals surface area contributed by atoms with E-state index in [9.17, 15) is 9.90 Å². The summed E-state index contributed by atoms with van der Waals surface area (Å²) in [6, 6.07) is 7.46. The van der Waals surface area contributed by atoms with Crippen molar-refractivity contribution in [3.05, 3.63) is 29.8 Å². The number of carbonyl (C=O) groups excluding carboxylic acids is 1. The predicted molar refractivity (Wildman–Crippen MR) is 88.1 cm³/mol. The number of piperidine rings is 1. The Morgan fingerprint density at radius 3 is 2.74 bits per heavy atom. The van der Waals surface area contributed by atoms with Crippen LogP contribution in [0.4, 0.5) is 0 Å². The van der Waals surface area contributed by atoms with Gasteiger partial charge in [0.1, 0.15) is 5.75 Å². The SMILES string of the molecule is O=C(NCC1CCCO1)C1CCN(Cc2ccccc2O)CC1. The third-order valence-corrected chi connectivity index (χ3v) is 4.87. The smallest absolute Gasteiger partial charge is 0.223 e. The van der Waals surface area contributed by atoms with E-state index in [0.29, 0.717) is 12.3 Å². The Morgan fingerprint density at radius 2 is 2.04 bits per heavy atom. The predicted octanol–water partition coefficient (Wildman–Crippen LogP) is 1.90. The summed E-state index contributed by atoms with van der Waals surface area (Å²) < 4.78 is 5.54. The van der Waals surface area contributed by atoms with Crippen LogP contribution in [0.3, 0.4) is 0 Å². The second-order valence-electron chi connectivity index (χ2n) is 6.56. The van der Waals surface area contributed by atoms with E-state index in [1.165, 1.54) is 0 Å². The van der Waals surface area contributed by atoms with Crippen LogP contribution in [0.5, 0.6) is 5.75 Å². The van der Waals surface area contributed by atoms with Crippen LogP contribution in [-0.2, 0) is 16.1 Å². The molecule has 5 nitrogen and oxygen atoms in total. The molecule has 2 saturated heterocycles. The van der Waals surface area contributed by atoms with Crippen molar-refractivity contribution in [2.75, 3.05) is 26.2 Å². The van der Waals surface area contributed by atoms with Gasteiger partial charge in [-0.3, -0.25) is 9.69 Å². The normalized spacial score (nSPS) is 23.0. The molecular formula is C18H26N2O3. The number of ether oxygens (including phenoxy) is 1. The van der Waals surface area contributed by atoms with Crippen LogP contribution in [0.25, 0.3) is 0 Å². The van der Waals surface area contributed by atoms with Gasteiger partial charge >= 0.3 is 0 Å². The molecule has 2 aliphatic rings. The number of likely N-dealkylation sites (tertiary alicyclic amines) is 1. The number of nitrogens with one attached hydrogen (secondary N) is 1. The van der Waals surface area contributed by atoms with E-state index in [1.807, 2.05) is 18.2 Å². The standard InChI is InChI=1S/C18H26N2O3/c21-17-6-2-1-4-15(17)13-20-9-7-14(8-10-20)18(22)19-12-16-5-3-11-23-16/h1-2,4,6,14,16,21H,3,5,7-13H2,(H,19,22). The van der Waals surface area contributed by atoms with Gasteiger partial charge in [-0.05, 0) is 44.8 Å². The molecule has 2 fully saturated rings. The number of aromatic hydroxyl groups is 1. The second kappa shape index (κ2) is 7.79. The van der Waals surface area contributed by atoms with Crippen LogP contribution >= 0.6 is 0 Å². The van der Waals surface area contributed by atoms with Gasteiger partial charge in [0.15, 0.2) is 0 Å². The van der Waals surface area contributed by atoms with Gasteiger partial charge in [0.2, 0.25) is 5.91 Å². The van der Waals surface area contributed by atoms with Crippen molar-refractivity contribution >= 4 is 5.91 Å². The topological polar surface area (TPSA) is 61.8 Å². The minimum Gasteiger partial charge on any atom is -0.508 e. The van der Waals surface area contributed by atoms with E-state index < -0.39 is 0 Å². The number of hydrogen-bond donors (Lipinski definition) is 2. The number of hydrogen-bond acceptors (Lipinski definition) is 4. The fourth-order valence-electron chi connectivity index (χ4n) is 3.40. The highest BCUT2D eigenvalue weighted by Crippen LogP contribution is 2.23. The van der Waals surface area contributed by atoms with E-state index >= 15 is 0 Å². The van der Waals surface area contributed by atoms with Crippen molar-refractivity contribution in [1.82, 2.24) is 10.2 Å². The fourth-order valence-corrected chi connectivity index (χ4v) is 3.40. The molecule has 0 aromatic heterocycles. The molecular weight excluding hydrogens is 292 g/mol. The summed E-state index contributed by atoms with van der Waals surface area (Å²) >= 11 is 0. The Bertz CT molecular complexity index is 521. The fraction of sp³-hybridized carbons (Fsp3) is 0.611. The van der Waals surface area contributed by atoms with E-state index in [0.717, 1.165) is 57.5 Å². The molecule has 23 heavy (non-hydrogen) atoms. The van der Waals surface area contributed by atoms with E-state index in [-0.39, 0.29) is 17.9 Å². The van der Waals surface area contributed by atoms with Crippen LogP contribution in [0.1, 0.15) is 31.2 Å². The van der Waals surface area contributed by atoms with E-state index in [4.69, 9.17) is 4.74 Å². The zero-order valence-electron chi connectivity index (χ0n) is 13.5. The minimum absolute atomic E-state index is 0.108. The molecule has 2 heterocycles. The van der Waals surface area contributed by atoms with E-state index in [1.54, 1.807) is 6.07 Å². The lowest BCUT2D eigenvalue weighted by molar-refractivity contribution is -0.127. The molecule has 1 aromatic carbocycles. The summed E-state index contributed by atoms with van der Waals surface area (Å²) in [5.74, 6) is 0.628. The molecule has 0 aliphatic carbocycles. The molecule has 5 heteroatoms. The number of nitrogens with zero attached hydrogens (tertiary/aromatic N) is 1. The monoisotopic (exact) mass is 318 g/mol. The molecule has 0 spiro atoms. The molecule has 1 amide bonds. The number of para-hydroxylation sites is 1. The number of carbonyl (C=O) groups is 1. The maximum atomic E-state index is 12.2. The van der Waals surface area contributed by atoms with Crippen molar-refractivity contribution in [2.45, 2.75) is 38.3 Å². The summed E-state index contributed by atoms with van der Waals surface area (Å²) in [6.07, 6.45) is 4.13. The van der Waals surface area contributed by atoms with Gasteiger partial charge in [-0.2, -0.15) is 0 Å². The lowest BCUT2D eigenvalue weighted by atomic mass is 9.95. The molecule has 2 N–H and O–H groups in total. The highest BCUT2D eigenvalue weighted by atomic mass is 16.5.